The summed E-state index contributed by atoms with van der Waals surface area (Å²) in [6.07, 6.45) is 0. The number of anilines is 1. The van der Waals surface area contributed by atoms with Gasteiger partial charge >= 0.3 is 0 Å². The van der Waals surface area contributed by atoms with Gasteiger partial charge in [-0.05, 0) is 24.6 Å². The predicted octanol–water partition coefficient (Wildman–Crippen LogP) is 3.70. The van der Waals surface area contributed by atoms with Crippen LogP contribution in [0.15, 0.2) is 54.6 Å². The van der Waals surface area contributed by atoms with Crippen molar-refractivity contribution in [1.29, 1.82) is 0 Å². The average Bonchev–Trinajstić information content (AvgIpc) is 2.99. The molecule has 2 aromatic rings. The van der Waals surface area contributed by atoms with Crippen molar-refractivity contribution in [3.63, 3.8) is 0 Å². The summed E-state index contributed by atoms with van der Waals surface area (Å²) < 4.78 is 0. The fourth-order valence-electron chi connectivity index (χ4n) is 2.63. The summed E-state index contributed by atoms with van der Waals surface area (Å²) in [5.41, 5.74) is 3.07. The molecule has 1 heterocycles. The molecular formula is C19H20N2O2S. The van der Waals surface area contributed by atoms with E-state index in [0.29, 0.717) is 13.1 Å². The number of carbonyl (C=O) groups is 2. The monoisotopic (exact) mass is 340 g/mol. The van der Waals surface area contributed by atoms with E-state index in [-0.39, 0.29) is 17.7 Å². The Morgan fingerprint density at radius 1 is 1.12 bits per heavy atom. The first kappa shape index (κ1) is 16.6. The Balaban J connectivity index is 1.82. The first-order valence-electron chi connectivity index (χ1n) is 7.96. The molecule has 1 aliphatic heterocycles. The van der Waals surface area contributed by atoms with E-state index in [2.05, 4.69) is 0 Å². The summed E-state index contributed by atoms with van der Waals surface area (Å²) in [4.78, 5) is 28.0. The van der Waals surface area contributed by atoms with E-state index < -0.39 is 0 Å². The highest BCUT2D eigenvalue weighted by Gasteiger charge is 2.26. The normalized spacial score (nSPS) is 14.0. The Hall–Kier alpha value is -2.27. The van der Waals surface area contributed by atoms with Crippen LogP contribution in [0.4, 0.5) is 10.5 Å². The highest BCUT2D eigenvalue weighted by atomic mass is 32.2. The summed E-state index contributed by atoms with van der Waals surface area (Å²) >= 11 is 1.28. The summed E-state index contributed by atoms with van der Waals surface area (Å²) in [6, 6.07) is 17.8. The minimum atomic E-state index is -0.0569. The number of benzene rings is 2. The van der Waals surface area contributed by atoms with Crippen LogP contribution in [0.3, 0.4) is 0 Å². The van der Waals surface area contributed by atoms with Gasteiger partial charge in [-0.3, -0.25) is 9.59 Å². The minimum Gasteiger partial charge on any atom is -0.323 e. The zero-order valence-electron chi connectivity index (χ0n) is 13.6. The van der Waals surface area contributed by atoms with E-state index in [9.17, 15) is 9.59 Å². The molecule has 1 fully saturated rings. The Morgan fingerprint density at radius 3 is 2.46 bits per heavy atom. The van der Waals surface area contributed by atoms with Crippen LogP contribution in [0.2, 0.25) is 0 Å². The summed E-state index contributed by atoms with van der Waals surface area (Å²) in [5.74, 6) is 0.702. The van der Waals surface area contributed by atoms with Crippen molar-refractivity contribution in [3.8, 4) is 0 Å². The molecule has 0 spiro atoms. The highest BCUT2D eigenvalue weighted by molar-refractivity contribution is 8.13. The molecule has 0 aromatic heterocycles. The third kappa shape index (κ3) is 3.97. The number of aryl methyl sites for hydroxylation is 1. The van der Waals surface area contributed by atoms with E-state index in [0.717, 1.165) is 22.6 Å². The standard InChI is InChI=1S/C19H20N2O2S/c1-15-7-9-17(10-8-15)21(13-16-5-3-2-4-6-16)18(22)14-20-11-12-24-19(20)23/h2-10H,11-14H2,1H3. The van der Waals surface area contributed by atoms with E-state index >= 15 is 0 Å². The maximum absolute atomic E-state index is 12.9. The molecule has 0 N–H and O–H groups in total. The van der Waals surface area contributed by atoms with Gasteiger partial charge in [-0.15, -0.1) is 0 Å². The van der Waals surface area contributed by atoms with Crippen molar-refractivity contribution in [3.05, 3.63) is 65.7 Å². The van der Waals surface area contributed by atoms with Gasteiger partial charge in [0.15, 0.2) is 0 Å². The van der Waals surface area contributed by atoms with Crippen molar-refractivity contribution in [2.75, 3.05) is 23.7 Å². The van der Waals surface area contributed by atoms with Gasteiger partial charge in [0.25, 0.3) is 5.24 Å². The van der Waals surface area contributed by atoms with E-state index in [4.69, 9.17) is 0 Å². The maximum Gasteiger partial charge on any atom is 0.282 e. The lowest BCUT2D eigenvalue weighted by Gasteiger charge is -2.25. The van der Waals surface area contributed by atoms with Crippen LogP contribution in [0.25, 0.3) is 0 Å². The highest BCUT2D eigenvalue weighted by Crippen LogP contribution is 2.21. The second-order valence-electron chi connectivity index (χ2n) is 5.84. The molecule has 0 bridgehead atoms. The number of hydrogen-bond donors (Lipinski definition) is 0. The molecule has 124 valence electrons. The van der Waals surface area contributed by atoms with Crippen LogP contribution >= 0.6 is 11.8 Å². The molecule has 4 nitrogen and oxygen atoms in total. The van der Waals surface area contributed by atoms with E-state index in [1.807, 2.05) is 61.5 Å². The molecule has 0 atom stereocenters. The molecule has 24 heavy (non-hydrogen) atoms. The van der Waals surface area contributed by atoms with Crippen molar-refractivity contribution >= 4 is 28.6 Å². The largest absolute Gasteiger partial charge is 0.323 e. The second-order valence-corrected chi connectivity index (χ2v) is 6.88. The third-order valence-corrected chi connectivity index (χ3v) is 4.89. The van der Waals surface area contributed by atoms with Gasteiger partial charge in [0.1, 0.15) is 6.54 Å². The number of thioether (sulfide) groups is 1. The van der Waals surface area contributed by atoms with Crippen LogP contribution in [-0.4, -0.2) is 34.9 Å². The first-order valence-corrected chi connectivity index (χ1v) is 8.95. The Kier molecular flexibility index (Phi) is 5.20. The molecule has 5 heteroatoms. The number of nitrogens with zero attached hydrogens (tertiary/aromatic N) is 2. The summed E-state index contributed by atoms with van der Waals surface area (Å²) in [5, 5.41) is -0.00748. The van der Waals surface area contributed by atoms with Gasteiger partial charge in [0.05, 0.1) is 6.54 Å². The lowest BCUT2D eigenvalue weighted by atomic mass is 10.1. The first-order chi connectivity index (χ1) is 11.6. The fourth-order valence-corrected chi connectivity index (χ4v) is 3.46. The van der Waals surface area contributed by atoms with Crippen LogP contribution in [0.1, 0.15) is 11.1 Å². The number of carbonyl (C=O) groups excluding carboxylic acids is 2. The van der Waals surface area contributed by atoms with Gasteiger partial charge in [-0.25, -0.2) is 0 Å². The fraction of sp³-hybridized carbons (Fsp3) is 0.263. The molecular weight excluding hydrogens is 320 g/mol. The molecule has 3 rings (SSSR count). The SMILES string of the molecule is Cc1ccc(N(Cc2ccccc2)C(=O)CN2CCSC2=O)cc1. The van der Waals surface area contributed by atoms with Crippen molar-refractivity contribution in [2.45, 2.75) is 13.5 Å². The molecule has 1 aliphatic rings. The summed E-state index contributed by atoms with van der Waals surface area (Å²) in [6.45, 7) is 3.29. The average molecular weight is 340 g/mol. The Bertz CT molecular complexity index is 716. The van der Waals surface area contributed by atoms with Crippen molar-refractivity contribution in [2.24, 2.45) is 0 Å². The molecule has 2 amide bonds. The Labute approximate surface area is 146 Å². The van der Waals surface area contributed by atoms with Gasteiger partial charge < -0.3 is 9.80 Å². The van der Waals surface area contributed by atoms with Crippen molar-refractivity contribution in [1.82, 2.24) is 4.90 Å². The van der Waals surface area contributed by atoms with Crippen LogP contribution in [-0.2, 0) is 11.3 Å². The topological polar surface area (TPSA) is 40.6 Å². The number of amides is 2. The second kappa shape index (κ2) is 7.53. The summed E-state index contributed by atoms with van der Waals surface area (Å²) in [7, 11) is 0. The minimum absolute atomic E-state index is 0.00748. The molecule has 1 saturated heterocycles. The van der Waals surface area contributed by atoms with Gasteiger partial charge in [0.2, 0.25) is 5.91 Å². The quantitative estimate of drug-likeness (QED) is 0.833. The molecule has 2 aromatic carbocycles. The predicted molar refractivity (Wildman–Crippen MR) is 98.2 cm³/mol. The van der Waals surface area contributed by atoms with Crippen LogP contribution in [0.5, 0.6) is 0 Å². The van der Waals surface area contributed by atoms with Crippen LogP contribution in [0, 0.1) is 6.92 Å². The van der Waals surface area contributed by atoms with Crippen molar-refractivity contribution < 1.29 is 9.59 Å². The zero-order chi connectivity index (χ0) is 16.9. The maximum atomic E-state index is 12.9. The molecule has 0 aliphatic carbocycles. The lowest BCUT2D eigenvalue weighted by molar-refractivity contribution is -0.119. The van der Waals surface area contributed by atoms with Gasteiger partial charge in [-0.1, -0.05) is 59.8 Å². The van der Waals surface area contributed by atoms with E-state index in [1.54, 1.807) is 9.80 Å². The third-order valence-electron chi connectivity index (χ3n) is 4.00. The molecule has 0 radical (unpaired) electrons. The number of rotatable bonds is 5. The van der Waals surface area contributed by atoms with Gasteiger partial charge in [-0.2, -0.15) is 0 Å². The number of hydrogen-bond acceptors (Lipinski definition) is 3. The molecule has 0 unspecified atom stereocenters. The van der Waals surface area contributed by atoms with Gasteiger partial charge in [0, 0.05) is 18.0 Å². The van der Waals surface area contributed by atoms with Crippen LogP contribution < -0.4 is 4.90 Å². The molecule has 0 saturated carbocycles. The Morgan fingerprint density at radius 2 is 1.83 bits per heavy atom. The lowest BCUT2D eigenvalue weighted by Crippen LogP contribution is -2.40. The smallest absolute Gasteiger partial charge is 0.282 e. The van der Waals surface area contributed by atoms with E-state index in [1.165, 1.54) is 11.8 Å². The zero-order valence-corrected chi connectivity index (χ0v) is 14.5.